The fourth-order valence-corrected chi connectivity index (χ4v) is 3.35. The van der Waals surface area contributed by atoms with Crippen molar-refractivity contribution in [3.8, 4) is 11.5 Å². The number of rotatable bonds is 5. The Morgan fingerprint density at radius 2 is 1.34 bits per heavy atom. The van der Waals surface area contributed by atoms with E-state index in [9.17, 15) is 14.4 Å². The van der Waals surface area contributed by atoms with E-state index in [0.717, 1.165) is 4.90 Å². The van der Waals surface area contributed by atoms with E-state index < -0.39 is 11.8 Å². The first kappa shape index (κ1) is 18.4. The molecule has 1 aliphatic rings. The molecule has 0 N–H and O–H groups in total. The average molecular weight is 387 g/mol. The maximum Gasteiger partial charge on any atom is 0.266 e. The Morgan fingerprint density at radius 3 is 1.97 bits per heavy atom. The number of fused-ring (bicyclic) bond motifs is 1. The molecule has 29 heavy (non-hydrogen) atoms. The lowest BCUT2D eigenvalue weighted by molar-refractivity contribution is 0.0924. The molecule has 0 saturated carbocycles. The molecule has 0 atom stereocenters. The van der Waals surface area contributed by atoms with Crippen LogP contribution in [0.1, 0.15) is 36.6 Å². The van der Waals surface area contributed by atoms with Gasteiger partial charge in [0.15, 0.2) is 17.3 Å². The van der Waals surface area contributed by atoms with Gasteiger partial charge in [-0.3, -0.25) is 14.4 Å². The van der Waals surface area contributed by atoms with Gasteiger partial charge in [0.05, 0.1) is 31.0 Å². The molecule has 0 unspecified atom stereocenters. The maximum absolute atomic E-state index is 13.0. The van der Waals surface area contributed by atoms with E-state index in [1.54, 1.807) is 66.7 Å². The van der Waals surface area contributed by atoms with Crippen LogP contribution in [0.3, 0.4) is 0 Å². The first-order valence-electron chi connectivity index (χ1n) is 8.89. The van der Waals surface area contributed by atoms with Crippen molar-refractivity contribution in [3.63, 3.8) is 0 Å². The lowest BCUT2D eigenvalue weighted by Crippen LogP contribution is -2.29. The number of amides is 2. The molecule has 0 saturated heterocycles. The largest absolute Gasteiger partial charge is 0.493 e. The summed E-state index contributed by atoms with van der Waals surface area (Å²) in [4.78, 5) is 39.5. The van der Waals surface area contributed by atoms with Gasteiger partial charge in [-0.15, -0.1) is 0 Å². The Bertz CT molecular complexity index is 1120. The fourth-order valence-electron chi connectivity index (χ4n) is 3.35. The van der Waals surface area contributed by atoms with E-state index in [2.05, 4.69) is 0 Å². The third-order valence-corrected chi connectivity index (χ3v) is 4.81. The van der Waals surface area contributed by atoms with Crippen LogP contribution in [0, 0.1) is 0 Å². The van der Waals surface area contributed by atoms with Crippen LogP contribution in [0.5, 0.6) is 11.5 Å². The van der Waals surface area contributed by atoms with Gasteiger partial charge in [-0.1, -0.05) is 24.3 Å². The monoisotopic (exact) mass is 387 g/mol. The van der Waals surface area contributed by atoms with E-state index >= 15 is 0 Å². The Kier molecular flexibility index (Phi) is 4.60. The second-order valence-electron chi connectivity index (χ2n) is 6.44. The summed E-state index contributed by atoms with van der Waals surface area (Å²) in [7, 11) is 3.01. The zero-order valence-electron chi connectivity index (χ0n) is 15.8. The summed E-state index contributed by atoms with van der Waals surface area (Å²) in [5.74, 6) is -0.106. The van der Waals surface area contributed by atoms with Crippen LogP contribution in [-0.2, 0) is 0 Å². The van der Waals surface area contributed by atoms with Crippen molar-refractivity contribution >= 4 is 23.3 Å². The molecule has 0 aromatic heterocycles. The number of ether oxygens (including phenoxy) is 2. The predicted molar refractivity (Wildman–Crippen MR) is 107 cm³/mol. The van der Waals surface area contributed by atoms with Crippen molar-refractivity contribution in [1.29, 1.82) is 0 Å². The van der Waals surface area contributed by atoms with E-state index in [1.807, 2.05) is 0 Å². The second-order valence-corrected chi connectivity index (χ2v) is 6.44. The molecule has 0 bridgehead atoms. The molecular formula is C23H17NO5. The summed E-state index contributed by atoms with van der Waals surface area (Å²) in [6, 6.07) is 18.0. The third kappa shape index (κ3) is 3.04. The van der Waals surface area contributed by atoms with Crippen molar-refractivity contribution in [2.75, 3.05) is 19.1 Å². The molecule has 0 spiro atoms. The maximum atomic E-state index is 13.0. The van der Waals surface area contributed by atoms with Crippen LogP contribution < -0.4 is 14.4 Å². The molecule has 2 amide bonds. The van der Waals surface area contributed by atoms with Crippen molar-refractivity contribution in [2.45, 2.75) is 0 Å². The van der Waals surface area contributed by atoms with Gasteiger partial charge in [0, 0.05) is 11.1 Å². The number of anilines is 1. The quantitative estimate of drug-likeness (QED) is 0.493. The lowest BCUT2D eigenvalue weighted by atomic mass is 10.0. The molecule has 6 heteroatoms. The number of carbonyl (C=O) groups is 3. The lowest BCUT2D eigenvalue weighted by Gasteiger charge is -2.15. The van der Waals surface area contributed by atoms with Crippen molar-refractivity contribution in [3.05, 3.63) is 89.0 Å². The summed E-state index contributed by atoms with van der Waals surface area (Å²) in [6.07, 6.45) is 0. The number of ketones is 1. The van der Waals surface area contributed by atoms with Crippen molar-refractivity contribution in [2.24, 2.45) is 0 Å². The summed E-state index contributed by atoms with van der Waals surface area (Å²) in [6.45, 7) is 0. The van der Waals surface area contributed by atoms with Gasteiger partial charge >= 0.3 is 0 Å². The molecule has 4 rings (SSSR count). The normalized spacial score (nSPS) is 12.7. The van der Waals surface area contributed by atoms with Crippen LogP contribution in [0.15, 0.2) is 66.7 Å². The summed E-state index contributed by atoms with van der Waals surface area (Å²) >= 11 is 0. The molecule has 3 aromatic rings. The minimum atomic E-state index is -0.402. The Labute approximate surface area is 167 Å². The molecule has 0 aliphatic carbocycles. The number of imide groups is 1. The first-order valence-corrected chi connectivity index (χ1v) is 8.89. The molecule has 0 radical (unpaired) electrons. The van der Waals surface area contributed by atoms with E-state index in [4.69, 9.17) is 9.47 Å². The fraction of sp³-hybridized carbons (Fsp3) is 0.0870. The summed E-state index contributed by atoms with van der Waals surface area (Å²) in [5.41, 5.74) is 1.82. The van der Waals surface area contributed by atoms with Gasteiger partial charge in [0.1, 0.15) is 0 Å². The van der Waals surface area contributed by atoms with Crippen LogP contribution in [0.2, 0.25) is 0 Å². The number of hydrogen-bond acceptors (Lipinski definition) is 5. The second kappa shape index (κ2) is 7.24. The standard InChI is InChI=1S/C23H17NO5/c1-28-19-11-10-15(13-20(19)29-2)21(25)14-6-5-7-16(12-14)24-22(26)17-8-3-4-9-18(17)23(24)27/h3-13H,1-2H3. The number of nitrogens with zero attached hydrogens (tertiary/aromatic N) is 1. The summed E-state index contributed by atoms with van der Waals surface area (Å²) in [5, 5.41) is 0. The minimum Gasteiger partial charge on any atom is -0.493 e. The topological polar surface area (TPSA) is 72.9 Å². The average Bonchev–Trinajstić information content (AvgIpc) is 3.03. The van der Waals surface area contributed by atoms with Gasteiger partial charge in [-0.05, 0) is 42.5 Å². The molecule has 1 aliphatic heterocycles. The Balaban J connectivity index is 1.69. The number of hydrogen-bond donors (Lipinski definition) is 0. The van der Waals surface area contributed by atoms with Crippen LogP contribution in [-0.4, -0.2) is 31.8 Å². The number of methoxy groups -OCH3 is 2. The zero-order chi connectivity index (χ0) is 20.5. The first-order chi connectivity index (χ1) is 14.0. The SMILES string of the molecule is COc1ccc(C(=O)c2cccc(N3C(=O)c4ccccc4C3=O)c2)cc1OC. The molecular weight excluding hydrogens is 370 g/mol. The van der Waals surface area contributed by atoms with Gasteiger partial charge in [0.2, 0.25) is 0 Å². The van der Waals surface area contributed by atoms with E-state index in [0.29, 0.717) is 39.4 Å². The molecule has 3 aromatic carbocycles. The van der Waals surface area contributed by atoms with Gasteiger partial charge in [-0.2, -0.15) is 0 Å². The molecule has 6 nitrogen and oxygen atoms in total. The zero-order valence-corrected chi connectivity index (χ0v) is 15.8. The Morgan fingerprint density at radius 1 is 0.724 bits per heavy atom. The smallest absolute Gasteiger partial charge is 0.266 e. The van der Waals surface area contributed by atoms with Gasteiger partial charge in [-0.25, -0.2) is 4.90 Å². The number of benzene rings is 3. The van der Waals surface area contributed by atoms with E-state index in [-0.39, 0.29) is 5.78 Å². The molecule has 144 valence electrons. The molecule has 0 fully saturated rings. The minimum absolute atomic E-state index is 0.260. The summed E-state index contributed by atoms with van der Waals surface area (Å²) < 4.78 is 10.5. The van der Waals surface area contributed by atoms with Crippen molar-refractivity contribution in [1.82, 2.24) is 0 Å². The highest BCUT2D eigenvalue weighted by Gasteiger charge is 2.36. The highest BCUT2D eigenvalue weighted by Crippen LogP contribution is 2.31. The molecule has 1 heterocycles. The predicted octanol–water partition coefficient (Wildman–Crippen LogP) is 3.74. The van der Waals surface area contributed by atoms with Crippen LogP contribution in [0.4, 0.5) is 5.69 Å². The van der Waals surface area contributed by atoms with Gasteiger partial charge < -0.3 is 9.47 Å². The van der Waals surface area contributed by atoms with Crippen molar-refractivity contribution < 1.29 is 23.9 Å². The highest BCUT2D eigenvalue weighted by atomic mass is 16.5. The van der Waals surface area contributed by atoms with Crippen LogP contribution in [0.25, 0.3) is 0 Å². The highest BCUT2D eigenvalue weighted by molar-refractivity contribution is 6.34. The van der Waals surface area contributed by atoms with Gasteiger partial charge in [0.25, 0.3) is 11.8 Å². The Hall–Kier alpha value is -3.93. The van der Waals surface area contributed by atoms with E-state index in [1.165, 1.54) is 14.2 Å². The number of carbonyl (C=O) groups excluding carboxylic acids is 3. The van der Waals surface area contributed by atoms with Crippen LogP contribution >= 0.6 is 0 Å². The third-order valence-electron chi connectivity index (χ3n) is 4.81.